The molecule has 1 aliphatic heterocycles. The summed E-state index contributed by atoms with van der Waals surface area (Å²) in [5, 5.41) is 0.611. The summed E-state index contributed by atoms with van der Waals surface area (Å²) in [6, 6.07) is 5.59. The molecule has 2 amide bonds. The fourth-order valence-electron chi connectivity index (χ4n) is 3.60. The minimum atomic E-state index is -0.0676. The molecular formula is C21H28N4O3. The molecule has 3 rings (SSSR count). The smallest absolute Gasteiger partial charge is 0.261 e. The molecule has 0 unspecified atom stereocenters. The second-order valence-electron chi connectivity index (χ2n) is 7.68. The van der Waals surface area contributed by atoms with Gasteiger partial charge in [0.15, 0.2) is 0 Å². The molecule has 1 aliphatic rings. The summed E-state index contributed by atoms with van der Waals surface area (Å²) in [5.41, 5.74) is 1.64. The predicted molar refractivity (Wildman–Crippen MR) is 108 cm³/mol. The van der Waals surface area contributed by atoms with Gasteiger partial charge in [-0.3, -0.25) is 19.0 Å². The first-order valence-electron chi connectivity index (χ1n) is 9.90. The average Bonchev–Trinajstić information content (AvgIpc) is 2.69. The van der Waals surface area contributed by atoms with Crippen molar-refractivity contribution in [3.8, 4) is 0 Å². The first-order chi connectivity index (χ1) is 13.4. The number of carbonyl (C=O) groups is 2. The van der Waals surface area contributed by atoms with Crippen molar-refractivity contribution in [3.63, 3.8) is 0 Å². The molecule has 0 spiro atoms. The zero-order valence-corrected chi connectivity index (χ0v) is 16.9. The molecule has 1 saturated heterocycles. The third kappa shape index (κ3) is 4.24. The highest BCUT2D eigenvalue weighted by Crippen LogP contribution is 2.12. The number of fused-ring (bicyclic) bond motifs is 1. The van der Waals surface area contributed by atoms with E-state index in [1.54, 1.807) is 17.0 Å². The van der Waals surface area contributed by atoms with Crippen LogP contribution in [-0.4, -0.2) is 57.3 Å². The lowest BCUT2D eigenvalue weighted by Gasteiger charge is -2.35. The molecule has 2 aromatic rings. The van der Waals surface area contributed by atoms with Crippen molar-refractivity contribution in [1.29, 1.82) is 0 Å². The van der Waals surface area contributed by atoms with Crippen LogP contribution in [0.5, 0.6) is 0 Å². The van der Waals surface area contributed by atoms with Crippen LogP contribution in [0.3, 0.4) is 0 Å². The Balaban J connectivity index is 1.53. The summed E-state index contributed by atoms with van der Waals surface area (Å²) in [4.78, 5) is 45.1. The van der Waals surface area contributed by atoms with Crippen molar-refractivity contribution in [3.05, 3.63) is 40.4 Å². The van der Waals surface area contributed by atoms with E-state index in [1.165, 1.54) is 0 Å². The van der Waals surface area contributed by atoms with E-state index in [4.69, 9.17) is 0 Å². The predicted octanol–water partition coefficient (Wildman–Crippen LogP) is 1.81. The Morgan fingerprint density at radius 3 is 2.46 bits per heavy atom. The van der Waals surface area contributed by atoms with Gasteiger partial charge in [-0.05, 0) is 25.0 Å². The number of aryl methyl sites for hydroxylation is 2. The Morgan fingerprint density at radius 1 is 1.11 bits per heavy atom. The standard InChI is InChI=1S/C21H28N4O3/c1-15(2)20(27)24-12-10-23(11-13-24)18(26)8-5-9-25-14-22-19-16(3)6-4-7-17(19)21(25)28/h4,6-7,14-15H,5,8-13H2,1-3H3. The van der Waals surface area contributed by atoms with Crippen LogP contribution in [0.1, 0.15) is 32.3 Å². The number of aromatic nitrogens is 2. The summed E-state index contributed by atoms with van der Waals surface area (Å²) in [7, 11) is 0. The minimum Gasteiger partial charge on any atom is -0.339 e. The zero-order valence-electron chi connectivity index (χ0n) is 16.9. The minimum absolute atomic E-state index is 0.0140. The van der Waals surface area contributed by atoms with Crippen LogP contribution in [0.15, 0.2) is 29.3 Å². The van der Waals surface area contributed by atoms with Gasteiger partial charge in [-0.1, -0.05) is 26.0 Å². The molecule has 2 heterocycles. The molecule has 150 valence electrons. The normalized spacial score (nSPS) is 14.7. The highest BCUT2D eigenvalue weighted by atomic mass is 16.2. The van der Waals surface area contributed by atoms with E-state index >= 15 is 0 Å². The van der Waals surface area contributed by atoms with Gasteiger partial charge in [-0.2, -0.15) is 0 Å². The third-order valence-electron chi connectivity index (χ3n) is 5.28. The zero-order chi connectivity index (χ0) is 20.3. The Kier molecular flexibility index (Phi) is 6.11. The molecular weight excluding hydrogens is 356 g/mol. The van der Waals surface area contributed by atoms with Crippen LogP contribution >= 0.6 is 0 Å². The van der Waals surface area contributed by atoms with Crippen molar-refractivity contribution in [2.24, 2.45) is 5.92 Å². The first-order valence-corrected chi connectivity index (χ1v) is 9.90. The van der Waals surface area contributed by atoms with Gasteiger partial charge in [-0.25, -0.2) is 4.98 Å². The lowest BCUT2D eigenvalue weighted by atomic mass is 10.1. The Hall–Kier alpha value is -2.70. The van der Waals surface area contributed by atoms with E-state index in [9.17, 15) is 14.4 Å². The lowest BCUT2D eigenvalue weighted by Crippen LogP contribution is -2.51. The Bertz CT molecular complexity index is 927. The van der Waals surface area contributed by atoms with E-state index in [-0.39, 0.29) is 23.3 Å². The SMILES string of the molecule is Cc1cccc2c(=O)n(CCCC(=O)N3CCN(C(=O)C(C)C)CC3)cnc12. The lowest BCUT2D eigenvalue weighted by molar-refractivity contribution is -0.141. The molecule has 0 radical (unpaired) electrons. The van der Waals surface area contributed by atoms with Crippen molar-refractivity contribution in [2.75, 3.05) is 26.2 Å². The summed E-state index contributed by atoms with van der Waals surface area (Å²) in [6.07, 6.45) is 2.54. The molecule has 0 aliphatic carbocycles. The molecule has 1 aromatic heterocycles. The van der Waals surface area contributed by atoms with Crippen LogP contribution < -0.4 is 5.56 Å². The van der Waals surface area contributed by atoms with E-state index in [0.717, 1.165) is 11.1 Å². The topological polar surface area (TPSA) is 75.5 Å². The van der Waals surface area contributed by atoms with Crippen molar-refractivity contribution < 1.29 is 9.59 Å². The maximum atomic E-state index is 12.6. The number of benzene rings is 1. The van der Waals surface area contributed by atoms with Gasteiger partial charge < -0.3 is 9.80 Å². The van der Waals surface area contributed by atoms with Gasteiger partial charge in [0.2, 0.25) is 11.8 Å². The molecule has 7 nitrogen and oxygen atoms in total. The van der Waals surface area contributed by atoms with Crippen molar-refractivity contribution in [2.45, 2.75) is 40.2 Å². The summed E-state index contributed by atoms with van der Waals surface area (Å²) >= 11 is 0. The largest absolute Gasteiger partial charge is 0.339 e. The number of carbonyl (C=O) groups excluding carboxylic acids is 2. The molecule has 0 atom stereocenters. The summed E-state index contributed by atoms with van der Waals surface area (Å²) in [5.74, 6) is 0.208. The molecule has 0 bridgehead atoms. The molecule has 1 fully saturated rings. The Labute approximate surface area is 165 Å². The van der Waals surface area contributed by atoms with Crippen LogP contribution in [0.4, 0.5) is 0 Å². The van der Waals surface area contributed by atoms with E-state index in [1.807, 2.05) is 42.7 Å². The van der Waals surface area contributed by atoms with E-state index in [2.05, 4.69) is 4.98 Å². The van der Waals surface area contributed by atoms with Gasteiger partial charge in [0.1, 0.15) is 0 Å². The van der Waals surface area contributed by atoms with Gasteiger partial charge in [-0.15, -0.1) is 0 Å². The number of hydrogen-bond donors (Lipinski definition) is 0. The molecule has 7 heteroatoms. The highest BCUT2D eigenvalue weighted by molar-refractivity contribution is 5.80. The van der Waals surface area contributed by atoms with Crippen LogP contribution in [0, 0.1) is 12.8 Å². The number of nitrogens with zero attached hydrogens (tertiary/aromatic N) is 4. The molecule has 28 heavy (non-hydrogen) atoms. The van der Waals surface area contributed by atoms with Gasteiger partial charge in [0.05, 0.1) is 17.2 Å². The van der Waals surface area contributed by atoms with Crippen LogP contribution in [0.25, 0.3) is 10.9 Å². The van der Waals surface area contributed by atoms with Crippen LogP contribution in [-0.2, 0) is 16.1 Å². The number of piperazine rings is 1. The first kappa shape index (κ1) is 20.0. The Morgan fingerprint density at radius 2 is 1.79 bits per heavy atom. The van der Waals surface area contributed by atoms with Gasteiger partial charge in [0.25, 0.3) is 5.56 Å². The maximum absolute atomic E-state index is 12.6. The molecule has 0 saturated carbocycles. The van der Waals surface area contributed by atoms with E-state index in [0.29, 0.717) is 51.0 Å². The van der Waals surface area contributed by atoms with Crippen LogP contribution in [0.2, 0.25) is 0 Å². The van der Waals surface area contributed by atoms with Gasteiger partial charge in [0, 0.05) is 45.1 Å². The van der Waals surface area contributed by atoms with Gasteiger partial charge >= 0.3 is 0 Å². The van der Waals surface area contributed by atoms with Crippen molar-refractivity contribution in [1.82, 2.24) is 19.4 Å². The average molecular weight is 384 g/mol. The fourth-order valence-corrected chi connectivity index (χ4v) is 3.60. The maximum Gasteiger partial charge on any atom is 0.261 e. The highest BCUT2D eigenvalue weighted by Gasteiger charge is 2.25. The van der Waals surface area contributed by atoms with E-state index < -0.39 is 0 Å². The quantitative estimate of drug-likeness (QED) is 0.788. The summed E-state index contributed by atoms with van der Waals surface area (Å²) in [6.45, 7) is 8.53. The fraction of sp³-hybridized carbons (Fsp3) is 0.524. The van der Waals surface area contributed by atoms with Crippen molar-refractivity contribution >= 4 is 22.7 Å². The number of hydrogen-bond acceptors (Lipinski definition) is 4. The number of para-hydroxylation sites is 1. The molecule has 0 N–H and O–H groups in total. The third-order valence-corrected chi connectivity index (χ3v) is 5.28. The summed E-state index contributed by atoms with van der Waals surface area (Å²) < 4.78 is 1.58. The second-order valence-corrected chi connectivity index (χ2v) is 7.68. The second kappa shape index (κ2) is 8.54. The molecule has 1 aromatic carbocycles. The monoisotopic (exact) mass is 384 g/mol. The number of amides is 2. The number of rotatable bonds is 5.